The number of carbonyl (C=O) groups is 1. The number of hydrogen-bond acceptors (Lipinski definition) is 2. The van der Waals surface area contributed by atoms with E-state index in [2.05, 4.69) is 10.6 Å². The zero-order chi connectivity index (χ0) is 21.7. The Hall–Kier alpha value is -1.62. The summed E-state index contributed by atoms with van der Waals surface area (Å²) in [5, 5.41) is 6.59. The molecule has 1 atom stereocenters. The van der Waals surface area contributed by atoms with Crippen molar-refractivity contribution in [3.8, 4) is 0 Å². The minimum atomic E-state index is -1.85. The van der Waals surface area contributed by atoms with Crippen LogP contribution in [-0.4, -0.2) is 15.9 Å². The highest BCUT2D eigenvalue weighted by atomic mass is 35.6. The highest BCUT2D eigenvalue weighted by Gasteiger charge is 2.36. The van der Waals surface area contributed by atoms with Crippen LogP contribution in [0.15, 0.2) is 78.9 Å². The molecule has 3 aromatic rings. The first-order valence-corrected chi connectivity index (χ1v) is 10.8. The van der Waals surface area contributed by atoms with Crippen LogP contribution < -0.4 is 10.6 Å². The molecule has 0 aliphatic rings. The Morgan fingerprint density at radius 1 is 0.800 bits per heavy atom. The van der Waals surface area contributed by atoms with Crippen molar-refractivity contribution in [2.75, 3.05) is 5.32 Å². The van der Waals surface area contributed by atoms with Crippen molar-refractivity contribution < 1.29 is 4.79 Å². The molecule has 2 N–H and O–H groups in total. The molecule has 0 radical (unpaired) electrons. The Morgan fingerprint density at radius 3 is 1.80 bits per heavy atom. The van der Waals surface area contributed by atoms with Gasteiger partial charge >= 0.3 is 0 Å². The number of amides is 1. The molecule has 0 saturated carbocycles. The Morgan fingerprint density at radius 2 is 1.33 bits per heavy atom. The van der Waals surface area contributed by atoms with Gasteiger partial charge in [-0.1, -0.05) is 119 Å². The standard InChI is InChI=1S/C22H17Cl5N2O/c23-16-11-12-18(17(24)13-16)28-21(22(25,26)27)29-20(30)19(14-7-3-1-4-8-14)15-9-5-2-6-10-15/h1-13,19,21,28H,(H,29,30)/t21-/m1/s1. The fraction of sp³-hybridized carbons (Fsp3) is 0.136. The van der Waals surface area contributed by atoms with Gasteiger partial charge in [0, 0.05) is 5.02 Å². The number of anilines is 1. The van der Waals surface area contributed by atoms with Crippen LogP contribution in [0, 0.1) is 0 Å². The third kappa shape index (κ3) is 5.96. The summed E-state index contributed by atoms with van der Waals surface area (Å²) in [6.07, 6.45) is -1.05. The molecule has 0 aromatic heterocycles. The van der Waals surface area contributed by atoms with Gasteiger partial charge in [0.2, 0.25) is 9.70 Å². The highest BCUT2D eigenvalue weighted by molar-refractivity contribution is 6.68. The van der Waals surface area contributed by atoms with E-state index in [4.69, 9.17) is 58.0 Å². The van der Waals surface area contributed by atoms with Crippen LogP contribution in [-0.2, 0) is 4.79 Å². The van der Waals surface area contributed by atoms with Crippen LogP contribution in [0.2, 0.25) is 10.0 Å². The minimum absolute atomic E-state index is 0.332. The third-order valence-corrected chi connectivity index (χ3v) is 5.58. The average molecular weight is 503 g/mol. The number of alkyl halides is 3. The molecule has 0 spiro atoms. The van der Waals surface area contributed by atoms with E-state index in [0.717, 1.165) is 11.1 Å². The molecular weight excluding hydrogens is 486 g/mol. The number of hydrogen-bond donors (Lipinski definition) is 2. The van der Waals surface area contributed by atoms with E-state index >= 15 is 0 Å². The summed E-state index contributed by atoms with van der Waals surface area (Å²) in [6, 6.07) is 23.6. The van der Waals surface area contributed by atoms with E-state index in [-0.39, 0.29) is 5.91 Å². The van der Waals surface area contributed by atoms with Crippen LogP contribution in [0.4, 0.5) is 5.69 Å². The largest absolute Gasteiger partial charge is 0.361 e. The molecule has 0 unspecified atom stereocenters. The van der Waals surface area contributed by atoms with E-state index in [1.807, 2.05) is 60.7 Å². The molecule has 30 heavy (non-hydrogen) atoms. The molecule has 1 amide bonds. The second kappa shape index (κ2) is 10.1. The van der Waals surface area contributed by atoms with Gasteiger partial charge in [-0.05, 0) is 29.3 Å². The van der Waals surface area contributed by atoms with E-state index in [1.54, 1.807) is 18.2 Å². The first kappa shape index (κ1) is 23.1. The summed E-state index contributed by atoms with van der Waals surface area (Å²) in [4.78, 5) is 13.3. The number of rotatable bonds is 6. The monoisotopic (exact) mass is 500 g/mol. The first-order chi connectivity index (χ1) is 14.3. The van der Waals surface area contributed by atoms with Crippen molar-refractivity contribution >= 4 is 69.6 Å². The summed E-state index contributed by atoms with van der Waals surface area (Å²) < 4.78 is -1.85. The second-order valence-electron chi connectivity index (χ2n) is 6.51. The van der Waals surface area contributed by atoms with Crippen LogP contribution >= 0.6 is 58.0 Å². The van der Waals surface area contributed by atoms with Gasteiger partial charge in [0.1, 0.15) is 6.17 Å². The predicted molar refractivity (Wildman–Crippen MR) is 127 cm³/mol. The highest BCUT2D eigenvalue weighted by Crippen LogP contribution is 2.34. The SMILES string of the molecule is O=C(N[C@@H](Nc1ccc(Cl)cc1Cl)C(Cl)(Cl)Cl)C(c1ccccc1)c1ccccc1. The molecule has 3 rings (SSSR count). The van der Waals surface area contributed by atoms with Gasteiger partial charge in [0.25, 0.3) is 0 Å². The summed E-state index contributed by atoms with van der Waals surface area (Å²) in [5.74, 6) is -0.925. The lowest BCUT2D eigenvalue weighted by atomic mass is 9.90. The Balaban J connectivity index is 1.91. The molecule has 0 fully saturated rings. The number of halogens is 5. The molecule has 0 heterocycles. The minimum Gasteiger partial charge on any atom is -0.361 e. The fourth-order valence-corrected chi connectivity index (χ4v) is 3.76. The zero-order valence-corrected chi connectivity index (χ0v) is 19.2. The van der Waals surface area contributed by atoms with Gasteiger partial charge in [0.15, 0.2) is 0 Å². The van der Waals surface area contributed by atoms with Crippen LogP contribution in [0.1, 0.15) is 17.0 Å². The Bertz CT molecular complexity index is 954. The molecular formula is C22H17Cl5N2O. The van der Waals surface area contributed by atoms with Gasteiger partial charge in [0.05, 0.1) is 16.6 Å². The van der Waals surface area contributed by atoms with Crippen LogP contribution in [0.25, 0.3) is 0 Å². The molecule has 0 aliphatic heterocycles. The number of carbonyl (C=O) groups excluding carboxylic acids is 1. The summed E-state index contributed by atoms with van der Waals surface area (Å²) in [5.41, 5.74) is 2.09. The van der Waals surface area contributed by atoms with E-state index in [0.29, 0.717) is 15.7 Å². The lowest BCUT2D eigenvalue weighted by Gasteiger charge is -2.30. The Labute approximate surface area is 200 Å². The van der Waals surface area contributed by atoms with Crippen molar-refractivity contribution in [2.45, 2.75) is 15.9 Å². The zero-order valence-electron chi connectivity index (χ0n) is 15.5. The second-order valence-corrected chi connectivity index (χ2v) is 9.72. The van der Waals surface area contributed by atoms with Crippen molar-refractivity contribution in [1.82, 2.24) is 5.32 Å². The fourth-order valence-electron chi connectivity index (χ4n) is 2.97. The maximum absolute atomic E-state index is 13.3. The van der Waals surface area contributed by atoms with Crippen molar-refractivity contribution in [3.63, 3.8) is 0 Å². The average Bonchev–Trinajstić information content (AvgIpc) is 2.70. The van der Waals surface area contributed by atoms with Gasteiger partial charge in [-0.3, -0.25) is 4.79 Å². The smallest absolute Gasteiger partial charge is 0.233 e. The molecule has 3 aromatic carbocycles. The third-order valence-electron chi connectivity index (χ3n) is 4.37. The summed E-state index contributed by atoms with van der Waals surface area (Å²) >= 11 is 30.6. The topological polar surface area (TPSA) is 41.1 Å². The normalized spacial score (nSPS) is 12.5. The van der Waals surface area contributed by atoms with E-state index in [1.165, 1.54) is 0 Å². The van der Waals surface area contributed by atoms with Crippen LogP contribution in [0.3, 0.4) is 0 Å². The van der Waals surface area contributed by atoms with Crippen molar-refractivity contribution in [2.24, 2.45) is 0 Å². The Kier molecular flexibility index (Phi) is 7.78. The molecule has 0 saturated heterocycles. The number of benzene rings is 3. The van der Waals surface area contributed by atoms with Gasteiger partial charge < -0.3 is 10.6 Å². The van der Waals surface area contributed by atoms with Crippen molar-refractivity contribution in [3.05, 3.63) is 100 Å². The lowest BCUT2D eigenvalue weighted by Crippen LogP contribution is -2.50. The van der Waals surface area contributed by atoms with E-state index < -0.39 is 15.9 Å². The molecule has 3 nitrogen and oxygen atoms in total. The van der Waals surface area contributed by atoms with E-state index in [9.17, 15) is 4.79 Å². The molecule has 8 heteroatoms. The molecule has 0 bridgehead atoms. The molecule has 156 valence electrons. The van der Waals surface area contributed by atoms with Gasteiger partial charge in [-0.15, -0.1) is 0 Å². The maximum atomic E-state index is 13.3. The van der Waals surface area contributed by atoms with Gasteiger partial charge in [-0.25, -0.2) is 0 Å². The van der Waals surface area contributed by atoms with Crippen molar-refractivity contribution in [1.29, 1.82) is 0 Å². The maximum Gasteiger partial charge on any atom is 0.233 e. The summed E-state index contributed by atoms with van der Waals surface area (Å²) in [7, 11) is 0. The summed E-state index contributed by atoms with van der Waals surface area (Å²) in [6.45, 7) is 0. The molecule has 0 aliphatic carbocycles. The lowest BCUT2D eigenvalue weighted by molar-refractivity contribution is -0.122. The first-order valence-electron chi connectivity index (χ1n) is 8.94. The van der Waals surface area contributed by atoms with Gasteiger partial charge in [-0.2, -0.15) is 0 Å². The quantitative estimate of drug-likeness (QED) is 0.280. The predicted octanol–water partition coefficient (Wildman–Crippen LogP) is 7.05. The number of nitrogens with one attached hydrogen (secondary N) is 2. The van der Waals surface area contributed by atoms with Crippen LogP contribution in [0.5, 0.6) is 0 Å².